The molecule has 12 heteroatoms. The SMILES string of the molecule is CCNC(=O)c1cc(S(=O)(=O)Nc2ccc(S(=O)(=O)Nc3cc(Cl)ccc3C)cc2)ccc1OC. The number of aryl methyl sites for hydroxylation is 1. The number of hydrogen-bond donors (Lipinski definition) is 3. The molecule has 0 aliphatic rings. The van der Waals surface area contributed by atoms with Crippen molar-refractivity contribution < 1.29 is 26.4 Å². The number of halogens is 1. The molecule has 0 spiro atoms. The fourth-order valence-corrected chi connectivity index (χ4v) is 5.49. The molecule has 0 aliphatic carbocycles. The molecule has 35 heavy (non-hydrogen) atoms. The highest BCUT2D eigenvalue weighted by molar-refractivity contribution is 7.93. The van der Waals surface area contributed by atoms with Crippen molar-refractivity contribution in [3.8, 4) is 5.75 Å². The summed E-state index contributed by atoms with van der Waals surface area (Å²) in [6.45, 7) is 3.84. The van der Waals surface area contributed by atoms with Gasteiger partial charge in [-0.3, -0.25) is 14.2 Å². The van der Waals surface area contributed by atoms with Crippen molar-refractivity contribution in [2.75, 3.05) is 23.1 Å². The second-order valence-electron chi connectivity index (χ2n) is 7.42. The Hall–Kier alpha value is -3.28. The zero-order valence-corrected chi connectivity index (χ0v) is 21.5. The van der Waals surface area contributed by atoms with E-state index in [2.05, 4.69) is 14.8 Å². The van der Waals surface area contributed by atoms with Crippen LogP contribution in [0.25, 0.3) is 0 Å². The maximum absolute atomic E-state index is 12.9. The maximum atomic E-state index is 12.9. The van der Waals surface area contributed by atoms with Crippen LogP contribution in [0.1, 0.15) is 22.8 Å². The standard InChI is InChI=1S/C23H24ClN3O6S2/c1-4-25-23(28)20-14-19(11-12-22(20)33-3)35(31,32)26-17-7-9-18(10-8-17)34(29,30)27-21-13-16(24)6-5-15(21)2/h5-14,26-27H,4H2,1-3H3,(H,25,28). The third-order valence-electron chi connectivity index (χ3n) is 4.92. The van der Waals surface area contributed by atoms with Crippen molar-refractivity contribution >= 4 is 48.9 Å². The molecule has 3 aromatic rings. The van der Waals surface area contributed by atoms with Gasteiger partial charge >= 0.3 is 0 Å². The molecule has 0 fully saturated rings. The van der Waals surface area contributed by atoms with E-state index in [-0.39, 0.29) is 26.8 Å². The van der Waals surface area contributed by atoms with Gasteiger partial charge in [0, 0.05) is 17.3 Å². The molecule has 0 aromatic heterocycles. The summed E-state index contributed by atoms with van der Waals surface area (Å²) in [6, 6.07) is 13.9. The Kier molecular flexibility index (Phi) is 7.93. The summed E-state index contributed by atoms with van der Waals surface area (Å²) in [6.07, 6.45) is 0. The van der Waals surface area contributed by atoms with Crippen molar-refractivity contribution in [2.45, 2.75) is 23.6 Å². The van der Waals surface area contributed by atoms with Gasteiger partial charge in [-0.25, -0.2) is 16.8 Å². The van der Waals surface area contributed by atoms with Crippen molar-refractivity contribution in [1.29, 1.82) is 0 Å². The third kappa shape index (κ3) is 6.24. The van der Waals surface area contributed by atoms with E-state index in [9.17, 15) is 21.6 Å². The lowest BCUT2D eigenvalue weighted by Crippen LogP contribution is -2.24. The Labute approximate surface area is 209 Å². The monoisotopic (exact) mass is 537 g/mol. The van der Waals surface area contributed by atoms with E-state index in [1.54, 1.807) is 26.0 Å². The molecule has 0 radical (unpaired) electrons. The molecule has 0 heterocycles. The first-order valence-electron chi connectivity index (χ1n) is 10.3. The molecule has 0 unspecified atom stereocenters. The van der Waals surface area contributed by atoms with Crippen LogP contribution in [0.3, 0.4) is 0 Å². The number of hydrogen-bond acceptors (Lipinski definition) is 6. The van der Waals surface area contributed by atoms with Crippen LogP contribution >= 0.6 is 11.6 Å². The van der Waals surface area contributed by atoms with Crippen molar-refractivity contribution in [2.24, 2.45) is 0 Å². The average molecular weight is 538 g/mol. The summed E-state index contributed by atoms with van der Waals surface area (Å²) in [5.74, 6) is -0.245. The molecule has 0 aliphatic heterocycles. The van der Waals surface area contributed by atoms with Crippen molar-refractivity contribution in [1.82, 2.24) is 5.32 Å². The van der Waals surface area contributed by atoms with E-state index in [4.69, 9.17) is 16.3 Å². The molecule has 0 saturated carbocycles. The minimum Gasteiger partial charge on any atom is -0.496 e. The summed E-state index contributed by atoms with van der Waals surface area (Å²) in [7, 11) is -6.64. The van der Waals surface area contributed by atoms with Gasteiger partial charge in [0.25, 0.3) is 26.0 Å². The highest BCUT2D eigenvalue weighted by Gasteiger charge is 2.21. The lowest BCUT2D eigenvalue weighted by Gasteiger charge is -2.13. The zero-order chi connectivity index (χ0) is 25.8. The van der Waals surface area contributed by atoms with Gasteiger partial charge < -0.3 is 10.1 Å². The van der Waals surface area contributed by atoms with E-state index in [1.165, 1.54) is 55.6 Å². The number of sulfonamides is 2. The second kappa shape index (κ2) is 10.5. The summed E-state index contributed by atoms with van der Waals surface area (Å²) in [5.41, 5.74) is 1.23. The Morgan fingerprint density at radius 2 is 1.51 bits per heavy atom. The van der Waals surface area contributed by atoms with Crippen molar-refractivity contribution in [3.05, 3.63) is 76.8 Å². The quantitative estimate of drug-likeness (QED) is 0.378. The minimum absolute atomic E-state index is 0.0669. The van der Waals surface area contributed by atoms with Crippen LogP contribution in [-0.2, 0) is 20.0 Å². The topological polar surface area (TPSA) is 131 Å². The normalized spacial score (nSPS) is 11.5. The van der Waals surface area contributed by atoms with Crippen LogP contribution in [0.5, 0.6) is 5.75 Å². The van der Waals surface area contributed by atoms with Gasteiger partial charge in [-0.1, -0.05) is 17.7 Å². The number of carbonyl (C=O) groups is 1. The number of anilines is 2. The van der Waals surface area contributed by atoms with Crippen LogP contribution in [0.2, 0.25) is 5.02 Å². The van der Waals surface area contributed by atoms with Gasteiger partial charge in [0.15, 0.2) is 0 Å². The number of rotatable bonds is 9. The Morgan fingerprint density at radius 1 is 0.886 bits per heavy atom. The lowest BCUT2D eigenvalue weighted by atomic mass is 10.2. The van der Waals surface area contributed by atoms with Crippen molar-refractivity contribution in [3.63, 3.8) is 0 Å². The summed E-state index contributed by atoms with van der Waals surface area (Å²) in [4.78, 5) is 12.1. The highest BCUT2D eigenvalue weighted by atomic mass is 35.5. The van der Waals surface area contributed by atoms with Crippen LogP contribution < -0.4 is 19.5 Å². The second-order valence-corrected chi connectivity index (χ2v) is 11.2. The molecule has 3 rings (SSSR count). The molecular weight excluding hydrogens is 514 g/mol. The van der Waals surface area contributed by atoms with E-state index in [0.29, 0.717) is 22.8 Å². The van der Waals surface area contributed by atoms with Gasteiger partial charge in [0.2, 0.25) is 0 Å². The Morgan fingerprint density at radius 3 is 2.14 bits per heavy atom. The zero-order valence-electron chi connectivity index (χ0n) is 19.1. The molecule has 0 atom stereocenters. The molecule has 186 valence electrons. The van der Waals surface area contributed by atoms with E-state index >= 15 is 0 Å². The number of carbonyl (C=O) groups excluding carboxylic acids is 1. The third-order valence-corrected chi connectivity index (χ3v) is 7.92. The molecule has 0 bridgehead atoms. The molecule has 1 amide bonds. The first-order valence-corrected chi connectivity index (χ1v) is 13.7. The minimum atomic E-state index is -4.08. The largest absolute Gasteiger partial charge is 0.496 e. The predicted molar refractivity (Wildman–Crippen MR) is 135 cm³/mol. The molecule has 9 nitrogen and oxygen atoms in total. The van der Waals surface area contributed by atoms with Crippen LogP contribution in [0, 0.1) is 6.92 Å². The van der Waals surface area contributed by atoms with E-state index in [0.717, 1.165) is 0 Å². The summed E-state index contributed by atoms with van der Waals surface area (Å²) < 4.78 is 61.3. The first kappa shape index (κ1) is 26.3. The van der Waals surface area contributed by atoms with Crippen LogP contribution in [-0.4, -0.2) is 36.4 Å². The van der Waals surface area contributed by atoms with Crippen LogP contribution in [0.15, 0.2) is 70.5 Å². The maximum Gasteiger partial charge on any atom is 0.261 e. The smallest absolute Gasteiger partial charge is 0.261 e. The molecule has 0 saturated heterocycles. The number of methoxy groups -OCH3 is 1. The average Bonchev–Trinajstić information content (AvgIpc) is 2.81. The summed E-state index contributed by atoms with van der Waals surface area (Å²) in [5, 5.41) is 2.99. The summed E-state index contributed by atoms with van der Waals surface area (Å²) >= 11 is 5.95. The molecule has 3 aromatic carbocycles. The fourth-order valence-electron chi connectivity index (χ4n) is 3.11. The van der Waals surface area contributed by atoms with E-state index < -0.39 is 26.0 Å². The predicted octanol–water partition coefficient (Wildman–Crippen LogP) is 4.01. The highest BCUT2D eigenvalue weighted by Crippen LogP contribution is 2.26. The number of nitrogens with one attached hydrogen (secondary N) is 3. The van der Waals surface area contributed by atoms with Gasteiger partial charge in [-0.15, -0.1) is 0 Å². The van der Waals surface area contributed by atoms with Gasteiger partial charge in [0.1, 0.15) is 5.75 Å². The van der Waals surface area contributed by atoms with E-state index in [1.807, 2.05) is 0 Å². The van der Waals surface area contributed by atoms with Gasteiger partial charge in [-0.2, -0.15) is 0 Å². The number of amides is 1. The molecular formula is C23H24ClN3O6S2. The van der Waals surface area contributed by atoms with Gasteiger partial charge in [0.05, 0.1) is 28.2 Å². The Bertz CT molecular complexity index is 1460. The van der Waals surface area contributed by atoms with Gasteiger partial charge in [-0.05, 0) is 74.0 Å². The first-order chi connectivity index (χ1) is 16.5. The number of ether oxygens (including phenoxy) is 1. The number of benzene rings is 3. The molecule has 3 N–H and O–H groups in total. The lowest BCUT2D eigenvalue weighted by molar-refractivity contribution is 0.0952. The fraction of sp³-hybridized carbons (Fsp3) is 0.174. The Balaban J connectivity index is 1.83. The van der Waals surface area contributed by atoms with Crippen LogP contribution in [0.4, 0.5) is 11.4 Å².